The quantitative estimate of drug-likeness (QED) is 0.663. The Morgan fingerprint density at radius 3 is 2.47 bits per heavy atom. The molecule has 0 amide bonds. The van der Waals surface area contributed by atoms with Crippen molar-refractivity contribution in [1.29, 1.82) is 0 Å². The van der Waals surface area contributed by atoms with Crippen molar-refractivity contribution in [2.45, 2.75) is 39.7 Å². The Bertz CT molecular complexity index is 424. The van der Waals surface area contributed by atoms with E-state index in [-0.39, 0.29) is 0 Å². The molecule has 0 bridgehead atoms. The van der Waals surface area contributed by atoms with Gasteiger partial charge in [0.25, 0.3) is 5.65 Å². The van der Waals surface area contributed by atoms with Gasteiger partial charge in [-0.1, -0.05) is 19.9 Å². The largest absolute Gasteiger partial charge is 0.286 e. The van der Waals surface area contributed by atoms with E-state index in [0.29, 0.717) is 12.0 Å². The Morgan fingerprint density at radius 2 is 1.87 bits per heavy atom. The minimum atomic E-state index is 0.509. The molecule has 0 aliphatic heterocycles. The van der Waals surface area contributed by atoms with Crippen LogP contribution in [0, 0.1) is 0 Å². The molecule has 80 valence electrons. The van der Waals surface area contributed by atoms with Crippen LogP contribution in [0.3, 0.4) is 0 Å². The highest BCUT2D eigenvalue weighted by molar-refractivity contribution is 5.34. The summed E-state index contributed by atoms with van der Waals surface area (Å²) in [6, 6.07) is 6.86. The van der Waals surface area contributed by atoms with E-state index < -0.39 is 0 Å². The van der Waals surface area contributed by atoms with Crippen LogP contribution in [0.15, 0.2) is 30.6 Å². The second kappa shape index (κ2) is 3.69. The second-order valence-corrected chi connectivity index (χ2v) is 4.64. The summed E-state index contributed by atoms with van der Waals surface area (Å²) in [5.41, 5.74) is 2.65. The van der Waals surface area contributed by atoms with Crippen LogP contribution in [0.5, 0.6) is 0 Å². The maximum absolute atomic E-state index is 2.33. The van der Waals surface area contributed by atoms with Gasteiger partial charge in [-0.05, 0) is 19.9 Å². The Labute approximate surface area is 91.2 Å². The molecule has 0 aliphatic carbocycles. The molecular formula is C13H19N2+. The highest BCUT2D eigenvalue weighted by Gasteiger charge is 2.19. The van der Waals surface area contributed by atoms with E-state index in [1.807, 2.05) is 0 Å². The molecule has 0 spiro atoms. The van der Waals surface area contributed by atoms with Gasteiger partial charge in [0, 0.05) is 12.0 Å². The molecule has 2 aromatic rings. The van der Waals surface area contributed by atoms with Gasteiger partial charge in [-0.25, -0.2) is 4.57 Å². The average Bonchev–Trinajstić information content (AvgIpc) is 2.56. The average molecular weight is 203 g/mol. The lowest BCUT2D eigenvalue weighted by Crippen LogP contribution is -2.34. The normalized spacial score (nSPS) is 11.9. The molecule has 0 fully saturated rings. The number of rotatable bonds is 2. The van der Waals surface area contributed by atoms with Crippen LogP contribution >= 0.6 is 0 Å². The highest BCUT2D eigenvalue weighted by atomic mass is 15.1. The second-order valence-electron chi connectivity index (χ2n) is 4.64. The van der Waals surface area contributed by atoms with E-state index in [2.05, 4.69) is 67.3 Å². The first kappa shape index (κ1) is 10.2. The molecule has 0 saturated heterocycles. The maximum atomic E-state index is 2.33. The van der Waals surface area contributed by atoms with Gasteiger partial charge in [-0.3, -0.25) is 0 Å². The molecule has 0 N–H and O–H groups in total. The van der Waals surface area contributed by atoms with Gasteiger partial charge in [0.2, 0.25) is 0 Å². The molecular weight excluding hydrogens is 184 g/mol. The summed E-state index contributed by atoms with van der Waals surface area (Å²) in [6.07, 6.45) is 4.41. The summed E-state index contributed by atoms with van der Waals surface area (Å²) in [5, 5.41) is 0. The van der Waals surface area contributed by atoms with Gasteiger partial charge in [0.1, 0.15) is 6.20 Å². The molecule has 0 unspecified atom stereocenters. The molecule has 2 aromatic heterocycles. The summed E-state index contributed by atoms with van der Waals surface area (Å²) in [4.78, 5) is 0. The van der Waals surface area contributed by atoms with Crippen molar-refractivity contribution in [3.8, 4) is 0 Å². The molecule has 0 aromatic carbocycles. The van der Waals surface area contributed by atoms with Crippen molar-refractivity contribution >= 4 is 5.65 Å². The minimum Gasteiger partial charge on any atom is -0.228 e. The minimum absolute atomic E-state index is 0.509. The van der Waals surface area contributed by atoms with Crippen molar-refractivity contribution in [1.82, 2.24) is 4.40 Å². The van der Waals surface area contributed by atoms with E-state index in [1.54, 1.807) is 0 Å². The zero-order valence-corrected chi connectivity index (χ0v) is 9.94. The Hall–Kier alpha value is -1.31. The zero-order valence-electron chi connectivity index (χ0n) is 9.94. The first-order valence-electron chi connectivity index (χ1n) is 5.62. The fourth-order valence-corrected chi connectivity index (χ4v) is 1.97. The molecule has 0 radical (unpaired) electrons. The van der Waals surface area contributed by atoms with Crippen molar-refractivity contribution < 1.29 is 4.57 Å². The van der Waals surface area contributed by atoms with Gasteiger partial charge < -0.3 is 0 Å². The standard InChI is InChI=1S/C13H19N2/c1-10(2)12-9-15(11(3)4)13-7-5-6-8-14(12)13/h5-11H,1-4H3/q+1. The summed E-state index contributed by atoms with van der Waals surface area (Å²) >= 11 is 0. The van der Waals surface area contributed by atoms with Gasteiger partial charge in [-0.2, -0.15) is 4.40 Å². The summed E-state index contributed by atoms with van der Waals surface area (Å²) in [6.45, 7) is 8.91. The maximum Gasteiger partial charge on any atom is 0.286 e. The van der Waals surface area contributed by atoms with Crippen LogP contribution in [0.1, 0.15) is 45.3 Å². The Morgan fingerprint density at radius 1 is 1.13 bits per heavy atom. The third-order valence-electron chi connectivity index (χ3n) is 2.80. The molecule has 0 aliphatic rings. The highest BCUT2D eigenvalue weighted by Crippen LogP contribution is 2.16. The number of imidazole rings is 1. The topological polar surface area (TPSA) is 8.29 Å². The molecule has 15 heavy (non-hydrogen) atoms. The van der Waals surface area contributed by atoms with E-state index >= 15 is 0 Å². The van der Waals surface area contributed by atoms with Crippen molar-refractivity contribution in [2.24, 2.45) is 0 Å². The third-order valence-corrected chi connectivity index (χ3v) is 2.80. The van der Waals surface area contributed by atoms with Gasteiger partial charge >= 0.3 is 0 Å². The first-order chi connectivity index (χ1) is 7.11. The summed E-state index contributed by atoms with van der Waals surface area (Å²) in [7, 11) is 0. The lowest BCUT2D eigenvalue weighted by atomic mass is 10.1. The van der Waals surface area contributed by atoms with E-state index in [1.165, 1.54) is 11.3 Å². The number of aromatic nitrogens is 2. The lowest BCUT2D eigenvalue weighted by Gasteiger charge is -1.99. The molecule has 0 atom stereocenters. The summed E-state index contributed by atoms with van der Waals surface area (Å²) < 4.78 is 4.61. The predicted octanol–water partition coefficient (Wildman–Crippen LogP) is 2.93. The third kappa shape index (κ3) is 1.65. The fourth-order valence-electron chi connectivity index (χ4n) is 1.97. The number of fused-ring (bicyclic) bond motifs is 1. The van der Waals surface area contributed by atoms with E-state index in [0.717, 1.165) is 0 Å². The molecule has 2 heterocycles. The van der Waals surface area contributed by atoms with Gasteiger partial charge in [0.05, 0.1) is 12.2 Å². The van der Waals surface area contributed by atoms with Gasteiger partial charge in [0.15, 0.2) is 5.69 Å². The van der Waals surface area contributed by atoms with E-state index in [4.69, 9.17) is 0 Å². The van der Waals surface area contributed by atoms with Crippen LogP contribution in [-0.4, -0.2) is 4.40 Å². The zero-order chi connectivity index (χ0) is 11.0. The molecule has 2 heteroatoms. The number of hydrogen-bond acceptors (Lipinski definition) is 0. The van der Waals surface area contributed by atoms with Crippen LogP contribution < -0.4 is 4.57 Å². The number of nitrogens with zero attached hydrogens (tertiary/aromatic N) is 2. The fraction of sp³-hybridized carbons (Fsp3) is 0.462. The van der Waals surface area contributed by atoms with Crippen LogP contribution in [-0.2, 0) is 0 Å². The Balaban J connectivity index is 2.73. The first-order valence-corrected chi connectivity index (χ1v) is 5.62. The number of hydrogen-bond donors (Lipinski definition) is 0. The van der Waals surface area contributed by atoms with E-state index in [9.17, 15) is 0 Å². The van der Waals surface area contributed by atoms with Crippen LogP contribution in [0.2, 0.25) is 0 Å². The molecule has 2 nitrogen and oxygen atoms in total. The van der Waals surface area contributed by atoms with Crippen molar-refractivity contribution in [3.05, 3.63) is 36.3 Å². The van der Waals surface area contributed by atoms with Crippen LogP contribution in [0.25, 0.3) is 5.65 Å². The number of pyridine rings is 1. The monoisotopic (exact) mass is 203 g/mol. The Kier molecular flexibility index (Phi) is 2.51. The lowest BCUT2D eigenvalue weighted by molar-refractivity contribution is -0.691. The smallest absolute Gasteiger partial charge is 0.228 e. The van der Waals surface area contributed by atoms with Crippen LogP contribution in [0.4, 0.5) is 0 Å². The SMILES string of the molecule is CC(C)c1c[n+](C(C)C)c2ccccn12. The molecule has 2 rings (SSSR count). The van der Waals surface area contributed by atoms with Gasteiger partial charge in [-0.15, -0.1) is 0 Å². The predicted molar refractivity (Wildman–Crippen MR) is 62.1 cm³/mol. The van der Waals surface area contributed by atoms with Crippen molar-refractivity contribution in [2.75, 3.05) is 0 Å². The molecule has 0 saturated carbocycles. The summed E-state index contributed by atoms with van der Waals surface area (Å²) in [5.74, 6) is 0.555. The van der Waals surface area contributed by atoms with Crippen molar-refractivity contribution in [3.63, 3.8) is 0 Å².